The topological polar surface area (TPSA) is 58.4 Å². The number of hydrogen-bond donors (Lipinski definition) is 2. The molecule has 0 aliphatic heterocycles. The van der Waals surface area contributed by atoms with Crippen molar-refractivity contribution in [2.75, 3.05) is 24.3 Å². The molecule has 1 fully saturated rings. The van der Waals surface area contributed by atoms with Crippen molar-refractivity contribution in [2.24, 2.45) is 11.7 Å². The maximum absolute atomic E-state index is 12.2. The Morgan fingerprint density at radius 3 is 2.58 bits per heavy atom. The van der Waals surface area contributed by atoms with E-state index in [9.17, 15) is 4.79 Å². The van der Waals surface area contributed by atoms with Crippen molar-refractivity contribution in [3.8, 4) is 0 Å². The Morgan fingerprint density at radius 2 is 2.11 bits per heavy atom. The van der Waals surface area contributed by atoms with Crippen LogP contribution in [0, 0.1) is 5.92 Å². The number of nitrogens with two attached hydrogens (primary N) is 1. The van der Waals surface area contributed by atoms with Crippen LogP contribution < -0.4 is 16.0 Å². The zero-order chi connectivity index (χ0) is 14.2. The van der Waals surface area contributed by atoms with Gasteiger partial charge in [-0.1, -0.05) is 11.6 Å². The molecule has 1 aliphatic carbocycles. The van der Waals surface area contributed by atoms with Crippen LogP contribution in [0.1, 0.15) is 19.8 Å². The maximum Gasteiger partial charge on any atom is 0.244 e. The molecule has 1 unspecified atom stereocenters. The summed E-state index contributed by atoms with van der Waals surface area (Å²) in [6.07, 6.45) is 2.06. The van der Waals surface area contributed by atoms with E-state index in [2.05, 4.69) is 5.32 Å². The summed E-state index contributed by atoms with van der Waals surface area (Å²) in [5, 5.41) is 3.45. The minimum Gasteiger partial charge on any atom is -0.376 e. The molecule has 1 atom stereocenters. The van der Waals surface area contributed by atoms with Gasteiger partial charge in [-0.2, -0.15) is 0 Å². The van der Waals surface area contributed by atoms with Gasteiger partial charge in [0.05, 0.1) is 16.2 Å². The lowest BCUT2D eigenvalue weighted by Crippen LogP contribution is -2.50. The van der Waals surface area contributed by atoms with Gasteiger partial charge in [-0.05, 0) is 43.9 Å². The van der Waals surface area contributed by atoms with Gasteiger partial charge in [-0.15, -0.1) is 0 Å². The molecule has 0 radical (unpaired) electrons. The molecule has 1 aromatic carbocycles. The SMILES string of the molecule is CN(C)c1ccc(NC(=O)C(C)(N)C2CC2)cc1Cl. The average molecular weight is 282 g/mol. The number of anilines is 2. The van der Waals surface area contributed by atoms with Crippen LogP contribution in [0.4, 0.5) is 11.4 Å². The number of benzene rings is 1. The smallest absolute Gasteiger partial charge is 0.244 e. The van der Waals surface area contributed by atoms with E-state index in [1.54, 1.807) is 13.0 Å². The number of hydrogen-bond acceptors (Lipinski definition) is 3. The molecular formula is C14H20ClN3O. The van der Waals surface area contributed by atoms with E-state index in [0.717, 1.165) is 18.5 Å². The second kappa shape index (κ2) is 5.02. The fraction of sp³-hybridized carbons (Fsp3) is 0.500. The predicted molar refractivity (Wildman–Crippen MR) is 79.7 cm³/mol. The highest BCUT2D eigenvalue weighted by molar-refractivity contribution is 6.33. The van der Waals surface area contributed by atoms with Crippen molar-refractivity contribution in [3.63, 3.8) is 0 Å². The van der Waals surface area contributed by atoms with Crippen molar-refractivity contribution < 1.29 is 4.79 Å². The lowest BCUT2D eigenvalue weighted by Gasteiger charge is -2.23. The van der Waals surface area contributed by atoms with Gasteiger partial charge in [0.1, 0.15) is 0 Å². The van der Waals surface area contributed by atoms with Gasteiger partial charge >= 0.3 is 0 Å². The third-order valence-corrected chi connectivity index (χ3v) is 3.90. The third-order valence-electron chi connectivity index (χ3n) is 3.60. The van der Waals surface area contributed by atoms with Gasteiger partial charge in [-0.3, -0.25) is 4.79 Å². The second-order valence-electron chi connectivity index (χ2n) is 5.57. The molecule has 0 heterocycles. The number of amides is 1. The summed E-state index contributed by atoms with van der Waals surface area (Å²) in [7, 11) is 3.84. The summed E-state index contributed by atoms with van der Waals surface area (Å²) < 4.78 is 0. The first-order valence-corrected chi connectivity index (χ1v) is 6.77. The second-order valence-corrected chi connectivity index (χ2v) is 5.98. The Kier molecular flexibility index (Phi) is 3.74. The Morgan fingerprint density at radius 1 is 1.47 bits per heavy atom. The van der Waals surface area contributed by atoms with E-state index in [-0.39, 0.29) is 5.91 Å². The van der Waals surface area contributed by atoms with Gasteiger partial charge < -0.3 is 16.0 Å². The van der Waals surface area contributed by atoms with Gasteiger partial charge in [0.2, 0.25) is 5.91 Å². The van der Waals surface area contributed by atoms with Crippen LogP contribution in [0.5, 0.6) is 0 Å². The zero-order valence-electron chi connectivity index (χ0n) is 11.5. The fourth-order valence-corrected chi connectivity index (χ4v) is 2.43. The lowest BCUT2D eigenvalue weighted by molar-refractivity contribution is -0.121. The number of nitrogens with zero attached hydrogens (tertiary/aromatic N) is 1. The minimum absolute atomic E-state index is 0.149. The summed E-state index contributed by atoms with van der Waals surface area (Å²) in [5.74, 6) is 0.146. The molecule has 1 amide bonds. The van der Waals surface area contributed by atoms with Gasteiger partial charge in [0.15, 0.2) is 0 Å². The lowest BCUT2D eigenvalue weighted by atomic mass is 9.96. The van der Waals surface area contributed by atoms with Crippen molar-refractivity contribution in [1.82, 2.24) is 0 Å². The predicted octanol–water partition coefficient (Wildman–Crippen LogP) is 2.47. The van der Waals surface area contributed by atoms with E-state index < -0.39 is 5.54 Å². The van der Waals surface area contributed by atoms with Crippen LogP contribution in [-0.4, -0.2) is 25.5 Å². The van der Waals surface area contributed by atoms with E-state index in [0.29, 0.717) is 16.6 Å². The molecule has 0 aromatic heterocycles. The first-order chi connectivity index (χ1) is 8.82. The highest BCUT2D eigenvalue weighted by atomic mass is 35.5. The normalized spacial score (nSPS) is 17.7. The van der Waals surface area contributed by atoms with Crippen molar-refractivity contribution in [3.05, 3.63) is 23.2 Å². The summed E-state index contributed by atoms with van der Waals surface area (Å²) in [4.78, 5) is 14.1. The van der Waals surface area contributed by atoms with Gasteiger partial charge in [-0.25, -0.2) is 0 Å². The number of carbonyl (C=O) groups is 1. The largest absolute Gasteiger partial charge is 0.376 e. The van der Waals surface area contributed by atoms with E-state index in [1.807, 2.05) is 31.1 Å². The minimum atomic E-state index is -0.799. The van der Waals surface area contributed by atoms with E-state index in [1.165, 1.54) is 0 Å². The Hall–Kier alpha value is -1.26. The highest BCUT2D eigenvalue weighted by Crippen LogP contribution is 2.38. The maximum atomic E-state index is 12.2. The first-order valence-electron chi connectivity index (χ1n) is 6.39. The van der Waals surface area contributed by atoms with Crippen LogP contribution in [-0.2, 0) is 4.79 Å². The summed E-state index contributed by atoms with van der Waals surface area (Å²) >= 11 is 6.17. The highest BCUT2D eigenvalue weighted by Gasteiger charge is 2.44. The number of rotatable bonds is 4. The molecule has 0 bridgehead atoms. The molecule has 0 saturated heterocycles. The van der Waals surface area contributed by atoms with Crippen molar-refractivity contribution in [2.45, 2.75) is 25.3 Å². The van der Waals surface area contributed by atoms with Crippen molar-refractivity contribution >= 4 is 28.9 Å². The summed E-state index contributed by atoms with van der Waals surface area (Å²) in [5.41, 5.74) is 6.87. The molecule has 2 rings (SSSR count). The van der Waals surface area contributed by atoms with E-state index >= 15 is 0 Å². The standard InChI is InChI=1S/C14H20ClN3O/c1-14(16,9-4-5-9)13(19)17-10-6-7-12(18(2)3)11(15)8-10/h6-9H,4-5,16H2,1-3H3,(H,17,19). The summed E-state index contributed by atoms with van der Waals surface area (Å²) in [6, 6.07) is 5.46. The average Bonchev–Trinajstić information content (AvgIpc) is 3.12. The molecule has 5 heteroatoms. The molecule has 4 nitrogen and oxygen atoms in total. The number of nitrogens with one attached hydrogen (secondary N) is 1. The van der Waals surface area contributed by atoms with Crippen molar-refractivity contribution in [1.29, 1.82) is 0 Å². The molecule has 19 heavy (non-hydrogen) atoms. The van der Waals surface area contributed by atoms with Crippen LogP contribution in [0.2, 0.25) is 5.02 Å². The molecule has 1 aliphatic rings. The Balaban J connectivity index is 2.11. The molecule has 1 aromatic rings. The molecule has 0 spiro atoms. The molecule has 3 N–H and O–H groups in total. The van der Waals surface area contributed by atoms with Crippen LogP contribution in [0.25, 0.3) is 0 Å². The Bertz CT molecular complexity index is 495. The monoisotopic (exact) mass is 281 g/mol. The van der Waals surface area contributed by atoms with E-state index in [4.69, 9.17) is 17.3 Å². The van der Waals surface area contributed by atoms with Crippen LogP contribution >= 0.6 is 11.6 Å². The first kappa shape index (κ1) is 14.2. The molecular weight excluding hydrogens is 262 g/mol. The Labute approximate surface area is 118 Å². The summed E-state index contributed by atoms with van der Waals surface area (Å²) in [6.45, 7) is 1.79. The van der Waals surface area contributed by atoms with Gasteiger partial charge in [0.25, 0.3) is 0 Å². The van der Waals surface area contributed by atoms with Crippen LogP contribution in [0.3, 0.4) is 0 Å². The third kappa shape index (κ3) is 3.01. The quantitative estimate of drug-likeness (QED) is 0.891. The number of carbonyl (C=O) groups excluding carboxylic acids is 1. The van der Waals surface area contributed by atoms with Gasteiger partial charge in [0, 0.05) is 19.8 Å². The number of halogens is 1. The molecule has 1 saturated carbocycles. The molecule has 104 valence electrons. The zero-order valence-corrected chi connectivity index (χ0v) is 12.3. The van der Waals surface area contributed by atoms with Crippen LogP contribution in [0.15, 0.2) is 18.2 Å². The fourth-order valence-electron chi connectivity index (χ4n) is 2.08.